The number of carbonyl (C=O) groups is 1. The second-order valence-corrected chi connectivity index (χ2v) is 9.06. The van der Waals surface area contributed by atoms with Crippen molar-refractivity contribution in [2.45, 2.75) is 44.8 Å². The molecule has 156 valence electrons. The van der Waals surface area contributed by atoms with Crippen LogP contribution in [0.25, 0.3) is 0 Å². The average Bonchev–Trinajstić information content (AvgIpc) is 3.43. The predicted octanol–water partition coefficient (Wildman–Crippen LogP) is 4.36. The van der Waals surface area contributed by atoms with Crippen LogP contribution < -0.4 is 10.2 Å². The number of rotatable bonds is 8. The number of carbonyl (C=O) groups excluding carboxylic acids is 1. The topological polar surface area (TPSA) is 44.8 Å². The number of hydrogen-bond acceptors (Lipinski definition) is 5. The van der Waals surface area contributed by atoms with Crippen molar-refractivity contribution >= 4 is 28.6 Å². The maximum Gasteiger partial charge on any atom is 0.238 e. The van der Waals surface area contributed by atoms with Crippen LogP contribution in [-0.4, -0.2) is 49.7 Å². The number of anilines is 2. The van der Waals surface area contributed by atoms with Gasteiger partial charge in [0.25, 0.3) is 0 Å². The summed E-state index contributed by atoms with van der Waals surface area (Å²) in [6, 6.07) is 12.5. The molecule has 2 aromatic rings. The lowest BCUT2D eigenvalue weighted by Gasteiger charge is -2.29. The lowest BCUT2D eigenvalue weighted by Crippen LogP contribution is -2.37. The molecule has 6 heteroatoms. The number of benzene rings is 1. The van der Waals surface area contributed by atoms with E-state index in [0.717, 1.165) is 51.3 Å². The number of piperidine rings is 1. The Labute approximate surface area is 177 Å². The predicted molar refractivity (Wildman–Crippen MR) is 120 cm³/mol. The fourth-order valence-corrected chi connectivity index (χ4v) is 4.94. The zero-order chi connectivity index (χ0) is 19.9. The van der Waals surface area contributed by atoms with Crippen molar-refractivity contribution in [1.82, 2.24) is 4.90 Å². The molecule has 3 heterocycles. The van der Waals surface area contributed by atoms with Crippen molar-refractivity contribution in [3.05, 3.63) is 46.7 Å². The summed E-state index contributed by atoms with van der Waals surface area (Å²) < 4.78 is 5.80. The third-order valence-electron chi connectivity index (χ3n) is 5.68. The van der Waals surface area contributed by atoms with Gasteiger partial charge in [-0.05, 0) is 67.8 Å². The third-order valence-corrected chi connectivity index (χ3v) is 6.55. The quantitative estimate of drug-likeness (QED) is 0.698. The smallest absolute Gasteiger partial charge is 0.238 e. The Morgan fingerprint density at radius 2 is 1.97 bits per heavy atom. The van der Waals surface area contributed by atoms with E-state index in [1.54, 1.807) is 11.3 Å². The number of thiophene rings is 1. The Morgan fingerprint density at radius 3 is 2.66 bits per heavy atom. The van der Waals surface area contributed by atoms with E-state index in [-0.39, 0.29) is 12.0 Å². The summed E-state index contributed by atoms with van der Waals surface area (Å²) in [5.74, 6) is 0.0327. The van der Waals surface area contributed by atoms with Crippen LogP contribution in [0, 0.1) is 0 Å². The molecule has 2 aliphatic heterocycles. The highest BCUT2D eigenvalue weighted by Crippen LogP contribution is 2.22. The molecule has 1 aromatic carbocycles. The van der Waals surface area contributed by atoms with Crippen LogP contribution in [-0.2, 0) is 16.1 Å². The Morgan fingerprint density at radius 1 is 1.14 bits per heavy atom. The van der Waals surface area contributed by atoms with Crippen molar-refractivity contribution in [2.24, 2.45) is 0 Å². The van der Waals surface area contributed by atoms with Crippen LogP contribution in [0.1, 0.15) is 37.0 Å². The zero-order valence-electron chi connectivity index (χ0n) is 17.0. The van der Waals surface area contributed by atoms with Gasteiger partial charge in [-0.2, -0.15) is 0 Å². The molecule has 4 rings (SSSR count). The minimum atomic E-state index is 0.0327. The molecule has 5 nitrogen and oxygen atoms in total. The van der Waals surface area contributed by atoms with Crippen molar-refractivity contribution in [2.75, 3.05) is 43.0 Å². The number of nitrogens with one attached hydrogen (secondary N) is 1. The number of ether oxygens (including phenoxy) is 1. The van der Waals surface area contributed by atoms with Crippen molar-refractivity contribution in [3.63, 3.8) is 0 Å². The normalized spacial score (nSPS) is 19.6. The van der Waals surface area contributed by atoms with Gasteiger partial charge in [-0.3, -0.25) is 9.69 Å². The molecule has 1 unspecified atom stereocenters. The fraction of sp³-hybridized carbons (Fsp3) is 0.522. The summed E-state index contributed by atoms with van der Waals surface area (Å²) in [7, 11) is 0. The van der Waals surface area contributed by atoms with E-state index < -0.39 is 0 Å². The number of amides is 1. The molecule has 1 N–H and O–H groups in total. The van der Waals surface area contributed by atoms with E-state index >= 15 is 0 Å². The van der Waals surface area contributed by atoms with Gasteiger partial charge >= 0.3 is 0 Å². The molecule has 0 radical (unpaired) electrons. The van der Waals surface area contributed by atoms with Crippen LogP contribution >= 0.6 is 11.3 Å². The largest absolute Gasteiger partial charge is 0.377 e. The van der Waals surface area contributed by atoms with Gasteiger partial charge in [-0.25, -0.2) is 0 Å². The monoisotopic (exact) mass is 413 g/mol. The SMILES string of the molecule is O=C(CN(Cc1cccs1)CC1CCCO1)Nc1ccc(N2CCCCC2)cc1. The molecule has 1 aromatic heterocycles. The Kier molecular flexibility index (Phi) is 7.19. The minimum Gasteiger partial charge on any atom is -0.377 e. The van der Waals surface area contributed by atoms with Crippen LogP contribution in [0.5, 0.6) is 0 Å². The summed E-state index contributed by atoms with van der Waals surface area (Å²) >= 11 is 1.74. The van der Waals surface area contributed by atoms with Crippen LogP contribution in [0.2, 0.25) is 0 Å². The first-order valence-corrected chi connectivity index (χ1v) is 11.7. The molecule has 0 saturated carbocycles. The van der Waals surface area contributed by atoms with Crippen LogP contribution in [0.3, 0.4) is 0 Å². The summed E-state index contributed by atoms with van der Waals surface area (Å²) in [5.41, 5.74) is 2.12. The summed E-state index contributed by atoms with van der Waals surface area (Å²) in [4.78, 5) is 18.6. The molecular weight excluding hydrogens is 382 g/mol. The molecule has 2 saturated heterocycles. The van der Waals surface area contributed by atoms with Gasteiger partial charge in [-0.1, -0.05) is 6.07 Å². The van der Waals surface area contributed by atoms with Gasteiger partial charge in [0.15, 0.2) is 0 Å². The molecule has 0 aliphatic carbocycles. The van der Waals surface area contributed by atoms with Gasteiger partial charge in [0.2, 0.25) is 5.91 Å². The molecule has 0 bridgehead atoms. The molecule has 0 spiro atoms. The maximum absolute atomic E-state index is 12.7. The average molecular weight is 414 g/mol. The second kappa shape index (κ2) is 10.2. The van der Waals surface area contributed by atoms with E-state index in [2.05, 4.69) is 44.8 Å². The lowest BCUT2D eigenvalue weighted by molar-refractivity contribution is -0.117. The van der Waals surface area contributed by atoms with Gasteiger partial charge in [0.1, 0.15) is 0 Å². The second-order valence-electron chi connectivity index (χ2n) is 8.03. The molecule has 2 fully saturated rings. The highest BCUT2D eigenvalue weighted by molar-refractivity contribution is 7.09. The Hall–Kier alpha value is -1.89. The van der Waals surface area contributed by atoms with Crippen molar-refractivity contribution in [1.29, 1.82) is 0 Å². The highest BCUT2D eigenvalue weighted by atomic mass is 32.1. The van der Waals surface area contributed by atoms with E-state index in [0.29, 0.717) is 6.54 Å². The van der Waals surface area contributed by atoms with E-state index in [9.17, 15) is 4.79 Å². The van der Waals surface area contributed by atoms with Gasteiger partial charge in [0, 0.05) is 49.0 Å². The number of hydrogen-bond donors (Lipinski definition) is 1. The minimum absolute atomic E-state index is 0.0327. The van der Waals surface area contributed by atoms with Gasteiger partial charge in [0.05, 0.1) is 12.6 Å². The fourth-order valence-electron chi connectivity index (χ4n) is 4.20. The van der Waals surface area contributed by atoms with Crippen LogP contribution in [0.4, 0.5) is 11.4 Å². The summed E-state index contributed by atoms with van der Waals surface area (Å²) in [5, 5.41) is 5.16. The van der Waals surface area contributed by atoms with E-state index in [4.69, 9.17) is 4.74 Å². The summed E-state index contributed by atoms with van der Waals surface area (Å²) in [6.07, 6.45) is 6.31. The Bertz CT molecular complexity index is 751. The van der Waals surface area contributed by atoms with Crippen molar-refractivity contribution in [3.8, 4) is 0 Å². The van der Waals surface area contributed by atoms with E-state index in [1.165, 1.54) is 29.8 Å². The standard InChI is InChI=1S/C23H31N3O2S/c27-23(24-19-8-10-20(11-9-19)26-12-2-1-3-13-26)18-25(16-21-6-4-14-28-21)17-22-7-5-15-29-22/h5,7-11,15,21H,1-4,6,12-14,16-18H2,(H,24,27). The van der Waals surface area contributed by atoms with Gasteiger partial charge in [-0.15, -0.1) is 11.3 Å². The van der Waals surface area contributed by atoms with Crippen LogP contribution in [0.15, 0.2) is 41.8 Å². The van der Waals surface area contributed by atoms with E-state index in [1.807, 2.05) is 12.1 Å². The Balaban J connectivity index is 1.32. The van der Waals surface area contributed by atoms with Gasteiger partial charge < -0.3 is 15.0 Å². The molecular formula is C23H31N3O2S. The highest BCUT2D eigenvalue weighted by Gasteiger charge is 2.21. The third kappa shape index (κ3) is 6.04. The number of nitrogens with zero attached hydrogens (tertiary/aromatic N) is 2. The molecule has 1 amide bonds. The molecule has 2 aliphatic rings. The lowest BCUT2D eigenvalue weighted by atomic mass is 10.1. The zero-order valence-corrected chi connectivity index (χ0v) is 17.8. The summed E-state index contributed by atoms with van der Waals surface area (Å²) in [6.45, 7) is 5.08. The molecule has 29 heavy (non-hydrogen) atoms. The first kappa shape index (κ1) is 20.4. The maximum atomic E-state index is 12.7. The first-order chi connectivity index (χ1) is 14.3. The van der Waals surface area contributed by atoms with Crippen molar-refractivity contribution < 1.29 is 9.53 Å². The first-order valence-electron chi connectivity index (χ1n) is 10.8. The molecule has 1 atom stereocenters.